The Morgan fingerprint density at radius 2 is 2.12 bits per heavy atom. The molecular weight excluding hydrogens is 431 g/mol. The molecule has 0 radical (unpaired) electrons. The van der Waals surface area contributed by atoms with Crippen LogP contribution in [0.1, 0.15) is 26.2 Å². The number of benzene rings is 2. The molecule has 0 aliphatic heterocycles. The highest BCUT2D eigenvalue weighted by Gasteiger charge is 2.28. The van der Waals surface area contributed by atoms with Gasteiger partial charge in [0, 0.05) is 29.2 Å². The molecule has 164 valence electrons. The van der Waals surface area contributed by atoms with E-state index in [2.05, 4.69) is 26.5 Å². The fourth-order valence-corrected chi connectivity index (χ4v) is 4.32. The van der Waals surface area contributed by atoms with Gasteiger partial charge < -0.3 is 15.4 Å². The highest BCUT2D eigenvalue weighted by Crippen LogP contribution is 2.38. The molecule has 0 spiro atoms. The number of fused-ring (bicyclic) bond motifs is 1. The number of carbonyl (C=O) groups is 1. The Hall–Kier alpha value is -3.37. The average Bonchev–Trinajstić information content (AvgIpc) is 3.22. The zero-order chi connectivity index (χ0) is 22.7. The van der Waals surface area contributed by atoms with E-state index in [0.29, 0.717) is 29.4 Å². The van der Waals surface area contributed by atoms with Gasteiger partial charge in [-0.05, 0) is 61.9 Å². The summed E-state index contributed by atoms with van der Waals surface area (Å²) in [6.07, 6.45) is 9.53. The number of halogens is 2. The molecule has 2 N–H and O–H groups in total. The van der Waals surface area contributed by atoms with Crippen molar-refractivity contribution in [3.8, 4) is 29.2 Å². The van der Waals surface area contributed by atoms with Crippen LogP contribution in [-0.4, -0.2) is 34.6 Å². The van der Waals surface area contributed by atoms with Crippen molar-refractivity contribution in [1.29, 1.82) is 0 Å². The first kappa shape index (κ1) is 21.8. The van der Waals surface area contributed by atoms with Crippen LogP contribution in [0.2, 0.25) is 5.02 Å². The molecule has 1 aliphatic rings. The molecule has 6 nitrogen and oxygen atoms in total. The number of carbonyl (C=O) groups excluding carboxylic acids is 1. The lowest BCUT2D eigenvalue weighted by atomic mass is 10.0. The van der Waals surface area contributed by atoms with Crippen LogP contribution in [0.5, 0.6) is 5.75 Å². The summed E-state index contributed by atoms with van der Waals surface area (Å²) < 4.78 is 20.1. The van der Waals surface area contributed by atoms with Crippen LogP contribution in [0.15, 0.2) is 36.5 Å². The normalized spacial score (nSPS) is 17.7. The first-order valence-electron chi connectivity index (χ1n) is 10.4. The molecule has 3 aromatic rings. The van der Waals surface area contributed by atoms with Crippen molar-refractivity contribution in [2.75, 3.05) is 11.9 Å². The van der Waals surface area contributed by atoms with Gasteiger partial charge >= 0.3 is 0 Å². The van der Waals surface area contributed by atoms with Crippen molar-refractivity contribution < 1.29 is 13.9 Å². The fraction of sp³-hybridized carbons (Fsp3) is 0.292. The highest BCUT2D eigenvalue weighted by molar-refractivity contribution is 6.34. The van der Waals surface area contributed by atoms with Crippen LogP contribution in [0.3, 0.4) is 0 Å². The van der Waals surface area contributed by atoms with E-state index >= 15 is 0 Å². The lowest BCUT2D eigenvalue weighted by molar-refractivity contribution is -0.116. The first-order chi connectivity index (χ1) is 15.5. The van der Waals surface area contributed by atoms with Crippen molar-refractivity contribution in [3.05, 3.63) is 47.4 Å². The predicted octanol–water partition coefficient (Wildman–Crippen LogP) is 4.57. The quantitative estimate of drug-likeness (QED) is 0.536. The van der Waals surface area contributed by atoms with Crippen molar-refractivity contribution in [2.24, 2.45) is 0 Å². The number of hydrogen-bond donors (Lipinski definition) is 2. The van der Waals surface area contributed by atoms with E-state index in [4.69, 9.17) is 22.8 Å². The highest BCUT2D eigenvalue weighted by atomic mass is 35.5. The largest absolute Gasteiger partial charge is 0.492 e. The second-order valence-corrected chi connectivity index (χ2v) is 7.92. The van der Waals surface area contributed by atoms with Crippen LogP contribution in [0.25, 0.3) is 22.0 Å². The Labute approximate surface area is 190 Å². The van der Waals surface area contributed by atoms with Gasteiger partial charge in [0.1, 0.15) is 11.6 Å². The molecule has 32 heavy (non-hydrogen) atoms. The number of nitrogens with zero attached hydrogens (tertiary/aromatic N) is 2. The minimum atomic E-state index is -0.432. The Kier molecular flexibility index (Phi) is 6.42. The molecule has 1 amide bonds. The topological polar surface area (TPSA) is 76.1 Å². The zero-order valence-corrected chi connectivity index (χ0v) is 18.2. The van der Waals surface area contributed by atoms with Gasteiger partial charge in [-0.15, -0.1) is 6.42 Å². The van der Waals surface area contributed by atoms with Gasteiger partial charge in [-0.2, -0.15) is 0 Å². The Balaban J connectivity index is 1.59. The van der Waals surface area contributed by atoms with Gasteiger partial charge in [-0.1, -0.05) is 17.7 Å². The molecule has 1 aliphatic carbocycles. The maximum Gasteiger partial charge on any atom is 0.295 e. The molecular formula is C24H22ClFN4O2. The first-order valence-corrected chi connectivity index (χ1v) is 10.8. The second-order valence-electron chi connectivity index (χ2n) is 7.54. The number of anilines is 1. The SMILES string of the molecule is C#CC(=O)NC1CCCC1Nc1ncc2cc(-c3c(F)ccc(OCC)c3Cl)ccc2n1. The summed E-state index contributed by atoms with van der Waals surface area (Å²) in [7, 11) is 0. The molecule has 2 aromatic carbocycles. The smallest absolute Gasteiger partial charge is 0.295 e. The number of rotatable bonds is 6. The second kappa shape index (κ2) is 9.41. The third-order valence-electron chi connectivity index (χ3n) is 5.50. The van der Waals surface area contributed by atoms with Gasteiger partial charge in [0.2, 0.25) is 5.95 Å². The van der Waals surface area contributed by atoms with Crippen molar-refractivity contribution in [1.82, 2.24) is 15.3 Å². The summed E-state index contributed by atoms with van der Waals surface area (Å²) in [6.45, 7) is 2.27. The standard InChI is InChI=1S/C24H22ClFN4O2/c1-3-21(31)28-18-6-5-7-19(18)30-24-27-13-15-12-14(8-10-17(15)29-24)22-16(26)9-11-20(23(22)25)32-4-2/h1,8-13,18-19H,4-7H2,2H3,(H,28,31)(H,27,29,30). The summed E-state index contributed by atoms with van der Waals surface area (Å²) in [4.78, 5) is 20.5. The number of amides is 1. The van der Waals surface area contributed by atoms with E-state index in [1.165, 1.54) is 12.1 Å². The van der Waals surface area contributed by atoms with Crippen LogP contribution >= 0.6 is 11.6 Å². The Morgan fingerprint density at radius 1 is 1.31 bits per heavy atom. The van der Waals surface area contributed by atoms with Crippen LogP contribution in [-0.2, 0) is 4.79 Å². The molecule has 1 fully saturated rings. The predicted molar refractivity (Wildman–Crippen MR) is 123 cm³/mol. The minimum Gasteiger partial charge on any atom is -0.492 e. The zero-order valence-electron chi connectivity index (χ0n) is 17.5. The Morgan fingerprint density at radius 3 is 2.91 bits per heavy atom. The van der Waals surface area contributed by atoms with Crippen LogP contribution < -0.4 is 15.4 Å². The van der Waals surface area contributed by atoms with Crippen LogP contribution in [0.4, 0.5) is 10.3 Å². The molecule has 2 atom stereocenters. The van der Waals surface area contributed by atoms with E-state index in [1.54, 1.807) is 24.4 Å². The average molecular weight is 453 g/mol. The molecule has 0 saturated heterocycles. The molecule has 8 heteroatoms. The van der Waals surface area contributed by atoms with Crippen molar-refractivity contribution >= 4 is 34.4 Å². The van der Waals surface area contributed by atoms with E-state index in [9.17, 15) is 9.18 Å². The lowest BCUT2D eigenvalue weighted by Gasteiger charge is -2.21. The fourth-order valence-electron chi connectivity index (χ4n) is 4.00. The third kappa shape index (κ3) is 4.46. The molecule has 1 aromatic heterocycles. The summed E-state index contributed by atoms with van der Waals surface area (Å²) in [5.41, 5.74) is 1.59. The van der Waals surface area contributed by atoms with Gasteiger partial charge in [-0.3, -0.25) is 4.79 Å². The lowest BCUT2D eigenvalue weighted by Crippen LogP contribution is -2.43. The number of nitrogens with one attached hydrogen (secondary N) is 2. The van der Waals surface area contributed by atoms with E-state index in [0.717, 1.165) is 24.6 Å². The monoisotopic (exact) mass is 452 g/mol. The van der Waals surface area contributed by atoms with E-state index in [1.807, 2.05) is 6.92 Å². The number of ether oxygens (including phenoxy) is 1. The van der Waals surface area contributed by atoms with E-state index in [-0.39, 0.29) is 22.7 Å². The number of aromatic nitrogens is 2. The van der Waals surface area contributed by atoms with Gasteiger partial charge in [0.25, 0.3) is 5.91 Å². The molecule has 1 heterocycles. The summed E-state index contributed by atoms with van der Waals surface area (Å²) in [5, 5.41) is 7.10. The summed E-state index contributed by atoms with van der Waals surface area (Å²) in [5.74, 6) is 2.12. The molecule has 4 rings (SSSR count). The van der Waals surface area contributed by atoms with Gasteiger partial charge in [-0.25, -0.2) is 14.4 Å². The number of hydrogen-bond acceptors (Lipinski definition) is 5. The maximum atomic E-state index is 14.6. The maximum absolute atomic E-state index is 14.6. The molecule has 2 unspecified atom stereocenters. The van der Waals surface area contributed by atoms with Crippen LogP contribution in [0, 0.1) is 18.2 Å². The summed E-state index contributed by atoms with van der Waals surface area (Å²) >= 11 is 6.41. The van der Waals surface area contributed by atoms with Crippen molar-refractivity contribution in [2.45, 2.75) is 38.3 Å². The van der Waals surface area contributed by atoms with Gasteiger partial charge in [0.05, 0.1) is 17.1 Å². The number of terminal acetylenes is 1. The van der Waals surface area contributed by atoms with Gasteiger partial charge in [0.15, 0.2) is 0 Å². The minimum absolute atomic E-state index is 0.00164. The van der Waals surface area contributed by atoms with Crippen molar-refractivity contribution in [3.63, 3.8) is 0 Å². The van der Waals surface area contributed by atoms with E-state index < -0.39 is 11.7 Å². The Bertz CT molecular complexity index is 1210. The summed E-state index contributed by atoms with van der Waals surface area (Å²) in [6, 6.07) is 8.16. The third-order valence-corrected chi connectivity index (χ3v) is 5.88. The molecule has 0 bridgehead atoms. The molecule has 1 saturated carbocycles.